The lowest BCUT2D eigenvalue weighted by atomic mass is 9.80. The Labute approximate surface area is 93.9 Å². The summed E-state index contributed by atoms with van der Waals surface area (Å²) < 4.78 is 13.5. The van der Waals surface area contributed by atoms with Gasteiger partial charge in [0.25, 0.3) is 0 Å². The topological polar surface area (TPSA) is 20.2 Å². The van der Waals surface area contributed by atoms with Crippen molar-refractivity contribution in [2.45, 2.75) is 38.7 Å². The monoisotopic (exact) mass is 228 g/mol. The molecule has 82 valence electrons. The van der Waals surface area contributed by atoms with E-state index >= 15 is 0 Å². The molecule has 0 saturated heterocycles. The Morgan fingerprint density at radius 2 is 2.07 bits per heavy atom. The second-order valence-electron chi connectivity index (χ2n) is 4.29. The first-order valence-electron chi connectivity index (χ1n) is 5.18. The Morgan fingerprint density at radius 3 is 2.73 bits per heavy atom. The molecule has 0 saturated carbocycles. The highest BCUT2D eigenvalue weighted by Crippen LogP contribution is 2.43. The van der Waals surface area contributed by atoms with Crippen molar-refractivity contribution in [1.29, 1.82) is 0 Å². The second kappa shape index (κ2) is 3.76. The third kappa shape index (κ3) is 1.66. The predicted octanol–water partition coefficient (Wildman–Crippen LogP) is 3.72. The molecule has 1 aliphatic carbocycles. The molecule has 0 bridgehead atoms. The van der Waals surface area contributed by atoms with Crippen molar-refractivity contribution in [3.63, 3.8) is 0 Å². The SMILES string of the molecule is Cc1c(F)cc(Cl)c2c1C(O)CCC2C. The first kappa shape index (κ1) is 10.9. The lowest BCUT2D eigenvalue weighted by Gasteiger charge is -2.29. The summed E-state index contributed by atoms with van der Waals surface area (Å²) in [7, 11) is 0. The summed E-state index contributed by atoms with van der Waals surface area (Å²) in [5.74, 6) is -0.0258. The van der Waals surface area contributed by atoms with Crippen molar-refractivity contribution in [3.8, 4) is 0 Å². The molecule has 2 atom stereocenters. The molecular weight excluding hydrogens is 215 g/mol. The fourth-order valence-corrected chi connectivity index (χ4v) is 2.77. The van der Waals surface area contributed by atoms with Gasteiger partial charge in [0.2, 0.25) is 0 Å². The van der Waals surface area contributed by atoms with Gasteiger partial charge in [0.1, 0.15) is 5.82 Å². The van der Waals surface area contributed by atoms with Crippen molar-refractivity contribution < 1.29 is 9.50 Å². The maximum atomic E-state index is 13.5. The number of aliphatic hydroxyl groups excluding tert-OH is 1. The highest BCUT2D eigenvalue weighted by molar-refractivity contribution is 6.31. The summed E-state index contributed by atoms with van der Waals surface area (Å²) in [6.07, 6.45) is 1.03. The molecule has 1 aliphatic rings. The summed E-state index contributed by atoms with van der Waals surface area (Å²) in [6.45, 7) is 3.76. The van der Waals surface area contributed by atoms with E-state index in [9.17, 15) is 9.50 Å². The Balaban J connectivity index is 2.71. The van der Waals surface area contributed by atoms with Crippen LogP contribution in [-0.2, 0) is 0 Å². The lowest BCUT2D eigenvalue weighted by Crippen LogP contribution is -2.15. The summed E-state index contributed by atoms with van der Waals surface area (Å²) in [6, 6.07) is 1.35. The smallest absolute Gasteiger partial charge is 0.127 e. The Morgan fingerprint density at radius 1 is 1.40 bits per heavy atom. The van der Waals surface area contributed by atoms with Gasteiger partial charge in [-0.05, 0) is 48.4 Å². The van der Waals surface area contributed by atoms with E-state index in [4.69, 9.17) is 11.6 Å². The molecule has 0 heterocycles. The van der Waals surface area contributed by atoms with Gasteiger partial charge in [0, 0.05) is 5.02 Å². The number of hydrogen-bond acceptors (Lipinski definition) is 1. The molecule has 0 spiro atoms. The zero-order valence-corrected chi connectivity index (χ0v) is 9.61. The quantitative estimate of drug-likeness (QED) is 0.718. The zero-order chi connectivity index (χ0) is 11.2. The van der Waals surface area contributed by atoms with Gasteiger partial charge in [-0.1, -0.05) is 18.5 Å². The van der Waals surface area contributed by atoms with Crippen LogP contribution in [0.2, 0.25) is 5.02 Å². The Hall–Kier alpha value is -0.600. The number of halogens is 2. The first-order chi connectivity index (χ1) is 7.02. The van der Waals surface area contributed by atoms with Gasteiger partial charge in [0.05, 0.1) is 6.10 Å². The molecule has 1 aromatic rings. The average Bonchev–Trinajstić information content (AvgIpc) is 2.18. The second-order valence-corrected chi connectivity index (χ2v) is 4.69. The predicted molar refractivity (Wildman–Crippen MR) is 58.8 cm³/mol. The van der Waals surface area contributed by atoms with Gasteiger partial charge in [0.15, 0.2) is 0 Å². The van der Waals surface area contributed by atoms with Gasteiger partial charge < -0.3 is 5.11 Å². The van der Waals surface area contributed by atoms with Gasteiger partial charge in [-0.15, -0.1) is 0 Å². The van der Waals surface area contributed by atoms with Crippen LogP contribution in [0, 0.1) is 12.7 Å². The van der Waals surface area contributed by atoms with E-state index in [0.717, 1.165) is 12.0 Å². The Kier molecular flexibility index (Phi) is 2.73. The molecule has 1 nitrogen and oxygen atoms in total. The van der Waals surface area contributed by atoms with Gasteiger partial charge in [-0.25, -0.2) is 4.39 Å². The van der Waals surface area contributed by atoms with Crippen LogP contribution in [-0.4, -0.2) is 5.11 Å². The number of aliphatic hydroxyl groups is 1. The van der Waals surface area contributed by atoms with Gasteiger partial charge >= 0.3 is 0 Å². The molecule has 15 heavy (non-hydrogen) atoms. The number of fused-ring (bicyclic) bond motifs is 1. The lowest BCUT2D eigenvalue weighted by molar-refractivity contribution is 0.150. The van der Waals surface area contributed by atoms with Crippen LogP contribution in [0.3, 0.4) is 0 Å². The van der Waals surface area contributed by atoms with E-state index in [-0.39, 0.29) is 5.82 Å². The summed E-state index contributed by atoms with van der Waals surface area (Å²) in [5.41, 5.74) is 2.17. The standard InChI is InChI=1S/C12H14ClFO/c1-6-3-4-10(15)12-7(2)9(14)5-8(13)11(6)12/h5-6,10,15H,3-4H2,1-2H3. The molecule has 0 amide bonds. The number of hydrogen-bond donors (Lipinski definition) is 1. The summed E-state index contributed by atoms with van der Waals surface area (Å²) >= 11 is 6.03. The third-order valence-electron chi connectivity index (χ3n) is 3.26. The number of rotatable bonds is 0. The van der Waals surface area contributed by atoms with Crippen LogP contribution in [0.4, 0.5) is 4.39 Å². The third-order valence-corrected chi connectivity index (χ3v) is 3.58. The fourth-order valence-electron chi connectivity index (χ4n) is 2.38. The Bertz CT molecular complexity index is 403. The van der Waals surface area contributed by atoms with Crippen molar-refractivity contribution in [3.05, 3.63) is 33.6 Å². The van der Waals surface area contributed by atoms with E-state index in [1.165, 1.54) is 6.07 Å². The average molecular weight is 229 g/mol. The first-order valence-corrected chi connectivity index (χ1v) is 5.56. The minimum absolute atomic E-state index is 0.301. The van der Waals surface area contributed by atoms with E-state index in [1.807, 2.05) is 0 Å². The summed E-state index contributed by atoms with van der Waals surface area (Å²) in [4.78, 5) is 0. The molecule has 0 aromatic heterocycles. The maximum absolute atomic E-state index is 13.5. The molecule has 0 aliphatic heterocycles. The van der Waals surface area contributed by atoms with E-state index in [2.05, 4.69) is 6.92 Å². The van der Waals surface area contributed by atoms with Crippen molar-refractivity contribution in [1.82, 2.24) is 0 Å². The maximum Gasteiger partial charge on any atom is 0.127 e. The normalized spacial score (nSPS) is 25.1. The molecular formula is C12H14ClFO. The van der Waals surface area contributed by atoms with Crippen molar-refractivity contribution >= 4 is 11.6 Å². The highest BCUT2D eigenvalue weighted by atomic mass is 35.5. The molecule has 0 radical (unpaired) electrons. The van der Waals surface area contributed by atoms with Gasteiger partial charge in [-0.3, -0.25) is 0 Å². The number of benzene rings is 1. The molecule has 2 unspecified atom stereocenters. The molecule has 1 N–H and O–H groups in total. The van der Waals surface area contributed by atoms with Crippen LogP contribution in [0.1, 0.15) is 48.5 Å². The van der Waals surface area contributed by atoms with Crippen LogP contribution in [0.25, 0.3) is 0 Å². The van der Waals surface area contributed by atoms with Gasteiger partial charge in [-0.2, -0.15) is 0 Å². The summed E-state index contributed by atoms with van der Waals surface area (Å²) in [5, 5.41) is 10.3. The van der Waals surface area contributed by atoms with Crippen LogP contribution in [0.15, 0.2) is 6.07 Å². The molecule has 0 fully saturated rings. The minimum atomic E-state index is -0.565. The van der Waals surface area contributed by atoms with Crippen LogP contribution < -0.4 is 0 Å². The molecule has 3 heteroatoms. The van der Waals surface area contributed by atoms with Crippen molar-refractivity contribution in [2.75, 3.05) is 0 Å². The largest absolute Gasteiger partial charge is 0.388 e. The minimum Gasteiger partial charge on any atom is -0.388 e. The van der Waals surface area contributed by atoms with Crippen LogP contribution >= 0.6 is 11.6 Å². The molecule has 1 aromatic carbocycles. The van der Waals surface area contributed by atoms with E-state index in [0.29, 0.717) is 28.5 Å². The zero-order valence-electron chi connectivity index (χ0n) is 8.85. The highest BCUT2D eigenvalue weighted by Gasteiger charge is 2.28. The van der Waals surface area contributed by atoms with E-state index in [1.54, 1.807) is 6.92 Å². The van der Waals surface area contributed by atoms with Crippen LogP contribution in [0.5, 0.6) is 0 Å². The van der Waals surface area contributed by atoms with E-state index < -0.39 is 6.10 Å². The fraction of sp³-hybridized carbons (Fsp3) is 0.500. The van der Waals surface area contributed by atoms with Crippen molar-refractivity contribution in [2.24, 2.45) is 0 Å². The molecule has 2 rings (SSSR count).